The Morgan fingerprint density at radius 1 is 1.08 bits per heavy atom. The van der Waals surface area contributed by atoms with Crippen LogP contribution in [0.25, 0.3) is 16.9 Å². The lowest BCUT2D eigenvalue weighted by molar-refractivity contribution is 0.227. The summed E-state index contributed by atoms with van der Waals surface area (Å²) in [4.78, 5) is 11.9. The molecule has 3 aromatic rings. The van der Waals surface area contributed by atoms with Gasteiger partial charge in [0.1, 0.15) is 11.3 Å². The molecule has 0 radical (unpaired) electrons. The Bertz CT molecular complexity index is 815. The summed E-state index contributed by atoms with van der Waals surface area (Å²) in [6.45, 7) is 7.25. The van der Waals surface area contributed by atoms with E-state index in [1.54, 1.807) is 0 Å². The maximum Gasteiger partial charge on any atom is 0.164 e. The second-order valence-electron chi connectivity index (χ2n) is 6.26. The zero-order valence-corrected chi connectivity index (χ0v) is 14.1. The Labute approximate surface area is 142 Å². The minimum Gasteiger partial charge on any atom is -0.314 e. The summed E-state index contributed by atoms with van der Waals surface area (Å²) in [7, 11) is 0. The third-order valence-electron chi connectivity index (χ3n) is 4.66. The van der Waals surface area contributed by atoms with Crippen LogP contribution in [-0.4, -0.2) is 45.6 Å². The second kappa shape index (κ2) is 6.71. The van der Waals surface area contributed by atoms with Crippen molar-refractivity contribution in [3.05, 3.63) is 54.0 Å². The number of benzene rings is 1. The van der Waals surface area contributed by atoms with Crippen LogP contribution < -0.4 is 5.32 Å². The van der Waals surface area contributed by atoms with Crippen molar-refractivity contribution in [1.82, 2.24) is 24.8 Å². The first-order valence-corrected chi connectivity index (χ1v) is 8.70. The Morgan fingerprint density at radius 3 is 2.62 bits per heavy atom. The van der Waals surface area contributed by atoms with Crippen LogP contribution in [-0.2, 0) is 13.0 Å². The predicted molar refractivity (Wildman–Crippen MR) is 96.4 cm³/mol. The van der Waals surface area contributed by atoms with Crippen molar-refractivity contribution in [3.63, 3.8) is 0 Å². The lowest BCUT2D eigenvalue weighted by Gasteiger charge is -2.27. The van der Waals surface area contributed by atoms with Gasteiger partial charge in [-0.25, -0.2) is 9.97 Å². The van der Waals surface area contributed by atoms with Crippen LogP contribution in [0, 0.1) is 0 Å². The van der Waals surface area contributed by atoms with Gasteiger partial charge in [0.25, 0.3) is 0 Å². The molecule has 0 amide bonds. The molecular weight excluding hydrogens is 298 g/mol. The van der Waals surface area contributed by atoms with Crippen LogP contribution in [0.4, 0.5) is 0 Å². The van der Waals surface area contributed by atoms with Gasteiger partial charge < -0.3 is 5.32 Å². The number of hydrogen-bond acceptors (Lipinski definition) is 4. The smallest absolute Gasteiger partial charge is 0.164 e. The first-order chi connectivity index (χ1) is 11.8. The average Bonchev–Trinajstić information content (AvgIpc) is 3.00. The molecule has 5 heteroatoms. The molecule has 2 aromatic heterocycles. The summed E-state index contributed by atoms with van der Waals surface area (Å²) >= 11 is 0. The van der Waals surface area contributed by atoms with Crippen molar-refractivity contribution in [2.45, 2.75) is 19.9 Å². The molecule has 1 aliphatic rings. The van der Waals surface area contributed by atoms with E-state index < -0.39 is 0 Å². The van der Waals surface area contributed by atoms with E-state index in [0.717, 1.165) is 61.8 Å². The van der Waals surface area contributed by atoms with Gasteiger partial charge in [0.05, 0.1) is 6.54 Å². The van der Waals surface area contributed by atoms with E-state index in [4.69, 9.17) is 4.98 Å². The van der Waals surface area contributed by atoms with E-state index in [-0.39, 0.29) is 0 Å². The molecule has 0 unspecified atom stereocenters. The molecule has 0 saturated carbocycles. The van der Waals surface area contributed by atoms with Crippen LogP contribution in [0.5, 0.6) is 0 Å². The highest BCUT2D eigenvalue weighted by Gasteiger charge is 2.17. The van der Waals surface area contributed by atoms with E-state index in [9.17, 15) is 0 Å². The van der Waals surface area contributed by atoms with Gasteiger partial charge in [-0.15, -0.1) is 0 Å². The monoisotopic (exact) mass is 321 g/mol. The van der Waals surface area contributed by atoms with Crippen molar-refractivity contribution in [2.75, 3.05) is 26.2 Å². The fraction of sp³-hybridized carbons (Fsp3) is 0.368. The molecule has 0 atom stereocenters. The fourth-order valence-electron chi connectivity index (χ4n) is 3.29. The van der Waals surface area contributed by atoms with Crippen LogP contribution in [0.3, 0.4) is 0 Å². The van der Waals surface area contributed by atoms with E-state index in [1.807, 2.05) is 18.3 Å². The molecule has 124 valence electrons. The molecule has 0 bridgehead atoms. The lowest BCUT2D eigenvalue weighted by Crippen LogP contribution is -2.43. The predicted octanol–water partition coefficient (Wildman–Crippen LogP) is 2.39. The maximum absolute atomic E-state index is 4.86. The summed E-state index contributed by atoms with van der Waals surface area (Å²) in [5.74, 6) is 1.06. The maximum atomic E-state index is 4.86. The minimum absolute atomic E-state index is 0.855. The van der Waals surface area contributed by atoms with Crippen molar-refractivity contribution >= 4 is 11.2 Å². The van der Waals surface area contributed by atoms with Crippen LogP contribution in [0.2, 0.25) is 0 Å². The average molecular weight is 321 g/mol. The molecule has 1 N–H and O–H groups in total. The summed E-state index contributed by atoms with van der Waals surface area (Å²) in [5.41, 5.74) is 4.38. The number of nitrogens with zero attached hydrogens (tertiary/aromatic N) is 4. The Kier molecular flexibility index (Phi) is 4.28. The van der Waals surface area contributed by atoms with E-state index >= 15 is 0 Å². The van der Waals surface area contributed by atoms with Gasteiger partial charge in [-0.3, -0.25) is 9.47 Å². The van der Waals surface area contributed by atoms with Crippen LogP contribution >= 0.6 is 0 Å². The topological polar surface area (TPSA) is 46.0 Å². The van der Waals surface area contributed by atoms with Gasteiger partial charge >= 0.3 is 0 Å². The van der Waals surface area contributed by atoms with E-state index in [1.165, 1.54) is 5.56 Å². The molecule has 0 spiro atoms. The van der Waals surface area contributed by atoms with Crippen LogP contribution in [0.15, 0.2) is 42.6 Å². The highest BCUT2D eigenvalue weighted by Crippen LogP contribution is 2.21. The largest absolute Gasteiger partial charge is 0.314 e. The minimum atomic E-state index is 0.855. The second-order valence-corrected chi connectivity index (χ2v) is 6.26. The first-order valence-electron chi connectivity index (χ1n) is 8.70. The molecule has 0 aliphatic carbocycles. The molecule has 5 nitrogen and oxygen atoms in total. The number of piperazine rings is 1. The van der Waals surface area contributed by atoms with Gasteiger partial charge in [-0.2, -0.15) is 0 Å². The van der Waals surface area contributed by atoms with Crippen molar-refractivity contribution in [3.8, 4) is 5.69 Å². The number of fused-ring (bicyclic) bond motifs is 1. The molecule has 1 fully saturated rings. The first kappa shape index (κ1) is 15.3. The highest BCUT2D eigenvalue weighted by molar-refractivity contribution is 5.73. The number of aryl methyl sites for hydroxylation is 1. The number of pyridine rings is 1. The lowest BCUT2D eigenvalue weighted by atomic mass is 10.1. The molecule has 24 heavy (non-hydrogen) atoms. The number of nitrogens with one attached hydrogen (secondary N) is 1. The number of rotatable bonds is 4. The Hall–Kier alpha value is -2.24. The van der Waals surface area contributed by atoms with Crippen molar-refractivity contribution in [1.29, 1.82) is 0 Å². The molecule has 1 saturated heterocycles. The number of hydrogen-bond donors (Lipinski definition) is 1. The number of imidazole rings is 1. The van der Waals surface area contributed by atoms with E-state index in [2.05, 4.69) is 51.0 Å². The van der Waals surface area contributed by atoms with Gasteiger partial charge in [-0.05, 0) is 36.2 Å². The van der Waals surface area contributed by atoms with Gasteiger partial charge in [0.2, 0.25) is 0 Å². The zero-order chi connectivity index (χ0) is 16.4. The SMILES string of the molecule is CCc1ccc(-n2c(CN3CCNCC3)nc3cccnc32)cc1. The standard InChI is InChI=1S/C19H23N5/c1-2-15-5-7-16(8-6-15)24-18(14-23-12-10-20-11-13-23)22-17-4-3-9-21-19(17)24/h3-9,20H,2,10-14H2,1H3. The molecule has 1 aliphatic heterocycles. The highest BCUT2D eigenvalue weighted by atomic mass is 15.2. The Morgan fingerprint density at radius 2 is 1.88 bits per heavy atom. The van der Waals surface area contributed by atoms with Gasteiger partial charge in [0.15, 0.2) is 5.65 Å². The quantitative estimate of drug-likeness (QED) is 0.801. The van der Waals surface area contributed by atoms with Crippen molar-refractivity contribution in [2.24, 2.45) is 0 Å². The molecule has 1 aromatic carbocycles. The normalized spacial score (nSPS) is 15.9. The molecule has 3 heterocycles. The fourth-order valence-corrected chi connectivity index (χ4v) is 3.29. The summed E-state index contributed by atoms with van der Waals surface area (Å²) in [6.07, 6.45) is 2.90. The van der Waals surface area contributed by atoms with Gasteiger partial charge in [-0.1, -0.05) is 19.1 Å². The summed E-state index contributed by atoms with van der Waals surface area (Å²) in [5, 5.41) is 3.40. The van der Waals surface area contributed by atoms with Gasteiger partial charge in [0, 0.05) is 38.1 Å². The Balaban J connectivity index is 1.76. The third kappa shape index (κ3) is 2.92. The van der Waals surface area contributed by atoms with E-state index in [0.29, 0.717) is 0 Å². The van der Waals surface area contributed by atoms with Crippen LogP contribution in [0.1, 0.15) is 18.3 Å². The van der Waals surface area contributed by atoms with Crippen molar-refractivity contribution < 1.29 is 0 Å². The third-order valence-corrected chi connectivity index (χ3v) is 4.66. The summed E-state index contributed by atoms with van der Waals surface area (Å²) in [6, 6.07) is 12.7. The molecular formula is C19H23N5. The summed E-state index contributed by atoms with van der Waals surface area (Å²) < 4.78 is 2.21. The molecule has 4 rings (SSSR count). The number of aromatic nitrogens is 3. The zero-order valence-electron chi connectivity index (χ0n) is 14.1.